The number of halogens is 1. The van der Waals surface area contributed by atoms with Gasteiger partial charge in [-0.2, -0.15) is 0 Å². The molecule has 1 heterocycles. The van der Waals surface area contributed by atoms with Crippen molar-refractivity contribution in [2.45, 2.75) is 12.5 Å². The van der Waals surface area contributed by atoms with E-state index in [9.17, 15) is 17.6 Å². The Labute approximate surface area is 98.8 Å². The molecule has 1 aliphatic heterocycles. The van der Waals surface area contributed by atoms with Crippen LogP contribution in [0.25, 0.3) is 0 Å². The molecule has 0 unspecified atom stereocenters. The smallest absolute Gasteiger partial charge is 0.251 e. The van der Waals surface area contributed by atoms with E-state index in [1.54, 1.807) is 0 Å². The molecule has 0 bridgehead atoms. The van der Waals surface area contributed by atoms with Gasteiger partial charge < -0.3 is 5.32 Å². The van der Waals surface area contributed by atoms with E-state index >= 15 is 0 Å². The standard InChI is InChI=1S/C11H12FNO3S/c12-9-3-1-2-8(6-9)11(14)13-10-4-5-17(15,16)7-10/h1-3,6,10H,4-5,7H2,(H,13,14)/t10-/m1/s1. The molecule has 1 aromatic carbocycles. The van der Waals surface area contributed by atoms with Gasteiger partial charge in [0.25, 0.3) is 5.91 Å². The van der Waals surface area contributed by atoms with Gasteiger partial charge in [-0.05, 0) is 24.6 Å². The van der Waals surface area contributed by atoms with E-state index in [4.69, 9.17) is 0 Å². The molecule has 0 aliphatic carbocycles. The molecule has 0 saturated carbocycles. The third-order valence-electron chi connectivity index (χ3n) is 2.65. The maximum Gasteiger partial charge on any atom is 0.251 e. The van der Waals surface area contributed by atoms with Crippen LogP contribution in [0.4, 0.5) is 4.39 Å². The highest BCUT2D eigenvalue weighted by Gasteiger charge is 2.29. The number of rotatable bonds is 2. The molecule has 1 aliphatic rings. The summed E-state index contributed by atoms with van der Waals surface area (Å²) in [6.45, 7) is 0. The lowest BCUT2D eigenvalue weighted by molar-refractivity contribution is 0.0940. The van der Waals surface area contributed by atoms with Crippen LogP contribution in [0.5, 0.6) is 0 Å². The number of benzene rings is 1. The van der Waals surface area contributed by atoms with Gasteiger partial charge in [0.2, 0.25) is 0 Å². The van der Waals surface area contributed by atoms with Crippen LogP contribution in [0.2, 0.25) is 0 Å². The van der Waals surface area contributed by atoms with Crippen LogP contribution < -0.4 is 5.32 Å². The summed E-state index contributed by atoms with van der Waals surface area (Å²) in [5, 5.41) is 2.59. The molecule has 2 rings (SSSR count). The van der Waals surface area contributed by atoms with Crippen molar-refractivity contribution in [1.29, 1.82) is 0 Å². The van der Waals surface area contributed by atoms with Gasteiger partial charge >= 0.3 is 0 Å². The lowest BCUT2D eigenvalue weighted by atomic mass is 10.2. The first-order valence-corrected chi connectivity index (χ1v) is 7.05. The zero-order valence-electron chi connectivity index (χ0n) is 9.02. The second-order valence-corrected chi connectivity index (χ2v) is 6.31. The Morgan fingerprint density at radius 1 is 1.41 bits per heavy atom. The monoisotopic (exact) mass is 257 g/mol. The number of carbonyl (C=O) groups is 1. The molecule has 1 fully saturated rings. The highest BCUT2D eigenvalue weighted by molar-refractivity contribution is 7.91. The van der Waals surface area contributed by atoms with Crippen LogP contribution in [0.15, 0.2) is 24.3 Å². The van der Waals surface area contributed by atoms with Crippen molar-refractivity contribution in [3.8, 4) is 0 Å². The highest BCUT2D eigenvalue weighted by Crippen LogP contribution is 2.12. The summed E-state index contributed by atoms with van der Waals surface area (Å²) < 4.78 is 35.3. The molecule has 1 aromatic rings. The summed E-state index contributed by atoms with van der Waals surface area (Å²) >= 11 is 0. The molecular formula is C11H12FNO3S. The molecule has 0 radical (unpaired) electrons. The van der Waals surface area contributed by atoms with E-state index in [-0.39, 0.29) is 23.1 Å². The first kappa shape index (κ1) is 12.0. The summed E-state index contributed by atoms with van der Waals surface area (Å²) in [6, 6.07) is 4.93. The van der Waals surface area contributed by atoms with Crippen LogP contribution in [0, 0.1) is 5.82 Å². The number of hydrogen-bond donors (Lipinski definition) is 1. The Hall–Kier alpha value is -1.43. The fraction of sp³-hybridized carbons (Fsp3) is 0.364. The van der Waals surface area contributed by atoms with Crippen LogP contribution in [-0.4, -0.2) is 31.9 Å². The summed E-state index contributed by atoms with van der Waals surface area (Å²) in [5.41, 5.74) is 0.203. The molecule has 0 spiro atoms. The number of nitrogens with one attached hydrogen (secondary N) is 1. The molecule has 4 nitrogen and oxygen atoms in total. The third kappa shape index (κ3) is 3.03. The van der Waals surface area contributed by atoms with Gasteiger partial charge in [-0.15, -0.1) is 0 Å². The predicted molar refractivity (Wildman–Crippen MR) is 60.9 cm³/mol. The first-order chi connectivity index (χ1) is 7.96. The lowest BCUT2D eigenvalue weighted by Crippen LogP contribution is -2.35. The van der Waals surface area contributed by atoms with Crippen molar-refractivity contribution < 1.29 is 17.6 Å². The molecule has 17 heavy (non-hydrogen) atoms. The van der Waals surface area contributed by atoms with E-state index in [0.717, 1.165) is 6.07 Å². The zero-order chi connectivity index (χ0) is 12.5. The molecule has 1 amide bonds. The fourth-order valence-corrected chi connectivity index (χ4v) is 3.48. The van der Waals surface area contributed by atoms with E-state index in [1.807, 2.05) is 0 Å². The molecule has 1 atom stereocenters. The minimum absolute atomic E-state index is 0.0337. The van der Waals surface area contributed by atoms with Gasteiger partial charge in [-0.3, -0.25) is 4.79 Å². The Bertz CT molecular complexity index is 541. The third-order valence-corrected chi connectivity index (χ3v) is 4.42. The Balaban J connectivity index is 2.03. The van der Waals surface area contributed by atoms with Crippen LogP contribution >= 0.6 is 0 Å². The lowest BCUT2D eigenvalue weighted by Gasteiger charge is -2.10. The summed E-state index contributed by atoms with van der Waals surface area (Å²) in [6.07, 6.45) is 0.420. The second kappa shape index (κ2) is 4.44. The summed E-state index contributed by atoms with van der Waals surface area (Å²) in [5.74, 6) is -0.863. The van der Waals surface area contributed by atoms with Crippen LogP contribution in [-0.2, 0) is 9.84 Å². The van der Waals surface area contributed by atoms with Crippen molar-refractivity contribution in [2.24, 2.45) is 0 Å². The highest BCUT2D eigenvalue weighted by atomic mass is 32.2. The topological polar surface area (TPSA) is 63.2 Å². The van der Waals surface area contributed by atoms with Crippen molar-refractivity contribution in [3.05, 3.63) is 35.6 Å². The zero-order valence-corrected chi connectivity index (χ0v) is 9.84. The Morgan fingerprint density at radius 3 is 2.76 bits per heavy atom. The molecule has 6 heteroatoms. The maximum atomic E-state index is 12.9. The number of hydrogen-bond acceptors (Lipinski definition) is 3. The largest absolute Gasteiger partial charge is 0.348 e. The number of carbonyl (C=O) groups excluding carboxylic acids is 1. The van der Waals surface area contributed by atoms with Gasteiger partial charge in [-0.25, -0.2) is 12.8 Å². The van der Waals surface area contributed by atoms with Gasteiger partial charge in [0.15, 0.2) is 9.84 Å². The second-order valence-electron chi connectivity index (χ2n) is 4.08. The summed E-state index contributed by atoms with van der Waals surface area (Å²) in [7, 11) is -3.02. The van der Waals surface area contributed by atoms with Gasteiger partial charge in [0, 0.05) is 11.6 Å². The number of sulfone groups is 1. The fourth-order valence-electron chi connectivity index (χ4n) is 1.81. The van der Waals surface area contributed by atoms with Crippen LogP contribution in [0.3, 0.4) is 0 Å². The van der Waals surface area contributed by atoms with E-state index < -0.39 is 21.6 Å². The SMILES string of the molecule is O=C(N[C@@H]1CCS(=O)(=O)C1)c1cccc(F)c1. The average Bonchev–Trinajstić information content (AvgIpc) is 2.58. The van der Waals surface area contributed by atoms with Crippen molar-refractivity contribution in [1.82, 2.24) is 5.32 Å². The predicted octanol–water partition coefficient (Wildman–Crippen LogP) is 0.743. The van der Waals surface area contributed by atoms with Crippen molar-refractivity contribution in [3.63, 3.8) is 0 Å². The molecule has 0 aromatic heterocycles. The quantitative estimate of drug-likeness (QED) is 0.850. The number of amides is 1. The maximum absolute atomic E-state index is 12.9. The molecule has 92 valence electrons. The van der Waals surface area contributed by atoms with Gasteiger partial charge in [0.05, 0.1) is 11.5 Å². The summed E-state index contributed by atoms with van der Waals surface area (Å²) in [4.78, 5) is 11.7. The minimum Gasteiger partial charge on any atom is -0.348 e. The minimum atomic E-state index is -3.02. The molecule has 1 N–H and O–H groups in total. The van der Waals surface area contributed by atoms with Gasteiger partial charge in [-0.1, -0.05) is 6.07 Å². The van der Waals surface area contributed by atoms with E-state index in [0.29, 0.717) is 6.42 Å². The normalized spacial score (nSPS) is 22.3. The van der Waals surface area contributed by atoms with Crippen molar-refractivity contribution in [2.75, 3.05) is 11.5 Å². The Kier molecular flexibility index (Phi) is 3.15. The van der Waals surface area contributed by atoms with Crippen molar-refractivity contribution >= 4 is 15.7 Å². The van der Waals surface area contributed by atoms with Gasteiger partial charge in [0.1, 0.15) is 5.82 Å². The first-order valence-electron chi connectivity index (χ1n) is 5.23. The van der Waals surface area contributed by atoms with Crippen LogP contribution in [0.1, 0.15) is 16.8 Å². The van der Waals surface area contributed by atoms with E-state index in [2.05, 4.69) is 5.32 Å². The molecule has 1 saturated heterocycles. The average molecular weight is 257 g/mol. The Morgan fingerprint density at radius 2 is 2.18 bits per heavy atom. The van der Waals surface area contributed by atoms with E-state index in [1.165, 1.54) is 18.2 Å². The molecular weight excluding hydrogens is 245 g/mol.